The lowest BCUT2D eigenvalue weighted by atomic mass is 9.87. The molecule has 4 rings (SSSR count). The van der Waals surface area contributed by atoms with Crippen molar-refractivity contribution in [2.45, 2.75) is 101 Å². The van der Waals surface area contributed by atoms with Gasteiger partial charge in [-0.05, 0) is 82.9 Å². The number of carbonyl (C=O) groups is 4. The Morgan fingerprint density at radius 2 is 1.66 bits per heavy atom. The molecular formula is C31H43N3O7. The third-order valence-electron chi connectivity index (χ3n) is 8.38. The van der Waals surface area contributed by atoms with Crippen molar-refractivity contribution in [2.75, 3.05) is 13.7 Å². The molecule has 3 amide bonds. The number of carbonyl (C=O) groups excluding carboxylic acids is 4. The molecule has 0 aromatic heterocycles. The van der Waals surface area contributed by atoms with Crippen LogP contribution in [0, 0.1) is 5.92 Å². The zero-order valence-electron chi connectivity index (χ0n) is 24.2. The van der Waals surface area contributed by atoms with Crippen LogP contribution in [0.3, 0.4) is 0 Å². The maximum Gasteiger partial charge on any atom is 0.243 e. The molecule has 224 valence electrons. The number of allylic oxidation sites excluding steroid dienone is 1. The Labute approximate surface area is 241 Å². The van der Waals surface area contributed by atoms with Crippen LogP contribution in [0.4, 0.5) is 0 Å². The van der Waals surface area contributed by atoms with Gasteiger partial charge in [-0.25, -0.2) is 0 Å². The number of Topliss-reactive ketones (excluding diaryl/α,β-unsaturated/α-hetero) is 1. The fourth-order valence-electron chi connectivity index (χ4n) is 5.52. The molecule has 3 aliphatic rings. The van der Waals surface area contributed by atoms with E-state index in [4.69, 9.17) is 9.47 Å². The predicted molar refractivity (Wildman–Crippen MR) is 152 cm³/mol. The third kappa shape index (κ3) is 8.39. The molecule has 1 aliphatic heterocycles. The largest absolute Gasteiger partial charge is 0.497 e. The maximum absolute atomic E-state index is 13.7. The summed E-state index contributed by atoms with van der Waals surface area (Å²) in [5.74, 6) is -0.972. The molecule has 1 saturated carbocycles. The van der Waals surface area contributed by atoms with Gasteiger partial charge in [-0.2, -0.15) is 0 Å². The SMILES string of the molecule is COc1ccc(C[C@H](NC(=O)[C@@H](C)NC(=O)[C@H]2CC[C@H](O)CC2)C(=O)N[C@@H](CC2=CCCC2)C(=O)[C@@]2(C)CO2)cc1. The molecule has 10 nitrogen and oxygen atoms in total. The number of aliphatic hydroxyl groups is 1. The van der Waals surface area contributed by atoms with E-state index in [0.717, 1.165) is 30.4 Å². The second-order valence-corrected chi connectivity index (χ2v) is 11.8. The predicted octanol–water partition coefficient (Wildman–Crippen LogP) is 2.12. The summed E-state index contributed by atoms with van der Waals surface area (Å²) in [4.78, 5) is 53.0. The Balaban J connectivity index is 1.46. The van der Waals surface area contributed by atoms with Crippen molar-refractivity contribution in [1.82, 2.24) is 16.0 Å². The molecule has 2 aliphatic carbocycles. The Hall–Kier alpha value is -3.24. The summed E-state index contributed by atoms with van der Waals surface area (Å²) in [6, 6.07) is 4.56. The van der Waals surface area contributed by atoms with Gasteiger partial charge in [0.25, 0.3) is 0 Å². The molecule has 41 heavy (non-hydrogen) atoms. The van der Waals surface area contributed by atoms with Crippen LogP contribution in [0.1, 0.15) is 70.8 Å². The standard InChI is InChI=1S/C31H43N3O7/c1-19(32-29(38)22-10-12-23(35)13-11-22)28(37)34-26(17-21-8-14-24(40-3)15-9-21)30(39)33-25(16-20-6-4-5-7-20)27(36)31(2)18-41-31/h6,8-9,14-15,19,22-23,25-26,35H,4-5,7,10-13,16-18H2,1-3H3,(H,32,38)(H,33,39)(H,34,37)/t19-,22-,23-,25+,26+,31-/m1/s1. The minimum Gasteiger partial charge on any atom is -0.497 e. The van der Waals surface area contributed by atoms with Gasteiger partial charge in [0.15, 0.2) is 5.78 Å². The number of nitrogens with one attached hydrogen (secondary N) is 3. The van der Waals surface area contributed by atoms with Crippen molar-refractivity contribution >= 4 is 23.5 Å². The lowest BCUT2D eigenvalue weighted by molar-refractivity contribution is -0.134. The zero-order valence-corrected chi connectivity index (χ0v) is 24.2. The van der Waals surface area contributed by atoms with Crippen LogP contribution in [0.25, 0.3) is 0 Å². The van der Waals surface area contributed by atoms with Gasteiger partial charge in [-0.15, -0.1) is 0 Å². The molecular weight excluding hydrogens is 526 g/mol. The molecule has 10 heteroatoms. The molecule has 4 atom stereocenters. The normalized spacial score (nSPS) is 25.7. The Morgan fingerprint density at radius 1 is 1.00 bits per heavy atom. The first-order valence-electron chi connectivity index (χ1n) is 14.7. The van der Waals surface area contributed by atoms with Crippen molar-refractivity contribution in [3.8, 4) is 5.75 Å². The first kappa shape index (κ1) is 30.7. The summed E-state index contributed by atoms with van der Waals surface area (Å²) in [5.41, 5.74) is 1.03. The molecule has 0 radical (unpaired) electrons. The first-order chi connectivity index (χ1) is 19.6. The number of ether oxygens (including phenoxy) is 2. The average Bonchev–Trinajstić information content (AvgIpc) is 3.50. The molecule has 0 spiro atoms. The highest BCUT2D eigenvalue weighted by atomic mass is 16.6. The summed E-state index contributed by atoms with van der Waals surface area (Å²) in [6.45, 7) is 3.63. The van der Waals surface area contributed by atoms with Gasteiger partial charge < -0.3 is 30.5 Å². The number of methoxy groups -OCH3 is 1. The number of epoxide rings is 1. The molecule has 0 unspecified atom stereocenters. The monoisotopic (exact) mass is 569 g/mol. The lowest BCUT2D eigenvalue weighted by Crippen LogP contribution is -2.57. The zero-order chi connectivity index (χ0) is 29.6. The first-order valence-corrected chi connectivity index (χ1v) is 14.7. The van der Waals surface area contributed by atoms with E-state index in [1.165, 1.54) is 0 Å². The van der Waals surface area contributed by atoms with Gasteiger partial charge in [0, 0.05) is 12.3 Å². The third-order valence-corrected chi connectivity index (χ3v) is 8.38. The fourth-order valence-corrected chi connectivity index (χ4v) is 5.52. The van der Waals surface area contributed by atoms with Crippen molar-refractivity contribution < 1.29 is 33.8 Å². The molecule has 1 aromatic carbocycles. The van der Waals surface area contributed by atoms with E-state index >= 15 is 0 Å². The van der Waals surface area contributed by atoms with Crippen molar-refractivity contribution in [3.63, 3.8) is 0 Å². The molecule has 0 bridgehead atoms. The smallest absolute Gasteiger partial charge is 0.243 e. The summed E-state index contributed by atoms with van der Waals surface area (Å²) in [5, 5.41) is 18.2. The average molecular weight is 570 g/mol. The van der Waals surface area contributed by atoms with Crippen LogP contribution in [0.15, 0.2) is 35.9 Å². The van der Waals surface area contributed by atoms with E-state index in [2.05, 4.69) is 22.0 Å². The fraction of sp³-hybridized carbons (Fsp3) is 0.613. The second-order valence-electron chi connectivity index (χ2n) is 11.8. The van der Waals surface area contributed by atoms with Crippen LogP contribution in [0.5, 0.6) is 5.75 Å². The van der Waals surface area contributed by atoms with E-state index in [9.17, 15) is 24.3 Å². The van der Waals surface area contributed by atoms with E-state index < -0.39 is 35.5 Å². The topological polar surface area (TPSA) is 146 Å². The second kappa shape index (κ2) is 13.6. The van der Waals surface area contributed by atoms with Crippen molar-refractivity contribution in [1.29, 1.82) is 0 Å². The van der Waals surface area contributed by atoms with Crippen LogP contribution in [0.2, 0.25) is 0 Å². The molecule has 1 heterocycles. The van der Waals surface area contributed by atoms with Gasteiger partial charge >= 0.3 is 0 Å². The van der Waals surface area contributed by atoms with Crippen LogP contribution < -0.4 is 20.7 Å². The van der Waals surface area contributed by atoms with E-state index in [1.54, 1.807) is 33.1 Å². The minimum absolute atomic E-state index is 0.175. The molecule has 1 saturated heterocycles. The highest BCUT2D eigenvalue weighted by molar-refractivity contribution is 5.98. The number of ketones is 1. The summed E-state index contributed by atoms with van der Waals surface area (Å²) in [7, 11) is 1.57. The van der Waals surface area contributed by atoms with Crippen molar-refractivity contribution in [3.05, 3.63) is 41.5 Å². The summed E-state index contributed by atoms with van der Waals surface area (Å²) >= 11 is 0. The molecule has 1 aromatic rings. The Kier molecular flexibility index (Phi) is 10.2. The van der Waals surface area contributed by atoms with E-state index in [1.807, 2.05) is 12.1 Å². The maximum atomic E-state index is 13.7. The highest BCUT2D eigenvalue weighted by Gasteiger charge is 2.50. The van der Waals surface area contributed by atoms with E-state index in [0.29, 0.717) is 44.5 Å². The number of hydrogen-bond donors (Lipinski definition) is 4. The van der Waals surface area contributed by atoms with Gasteiger partial charge in [-0.3, -0.25) is 19.2 Å². The number of benzene rings is 1. The number of rotatable bonds is 13. The molecule has 4 N–H and O–H groups in total. The number of aliphatic hydroxyl groups excluding tert-OH is 1. The van der Waals surface area contributed by atoms with Gasteiger partial charge in [0.2, 0.25) is 17.7 Å². The van der Waals surface area contributed by atoms with Gasteiger partial charge in [0.05, 0.1) is 25.9 Å². The Morgan fingerprint density at radius 3 is 2.24 bits per heavy atom. The Bertz CT molecular complexity index is 1140. The quantitative estimate of drug-likeness (QED) is 0.210. The van der Waals surface area contributed by atoms with Crippen molar-refractivity contribution in [2.24, 2.45) is 5.92 Å². The van der Waals surface area contributed by atoms with Crippen LogP contribution >= 0.6 is 0 Å². The van der Waals surface area contributed by atoms with E-state index in [-0.39, 0.29) is 30.1 Å². The minimum atomic E-state index is -0.985. The lowest BCUT2D eigenvalue weighted by Gasteiger charge is -2.27. The molecule has 2 fully saturated rings. The summed E-state index contributed by atoms with van der Waals surface area (Å²) in [6.07, 6.45) is 7.46. The highest BCUT2D eigenvalue weighted by Crippen LogP contribution is 2.31. The summed E-state index contributed by atoms with van der Waals surface area (Å²) < 4.78 is 10.6. The van der Waals surface area contributed by atoms with Gasteiger partial charge in [0.1, 0.15) is 23.4 Å². The van der Waals surface area contributed by atoms with Gasteiger partial charge in [-0.1, -0.05) is 23.8 Å². The van der Waals surface area contributed by atoms with Crippen LogP contribution in [-0.2, 0) is 30.3 Å². The number of amides is 3. The number of hydrogen-bond acceptors (Lipinski definition) is 7. The van der Waals surface area contributed by atoms with Crippen LogP contribution in [-0.4, -0.2) is 72.2 Å².